The molecule has 26 heavy (non-hydrogen) atoms. The van der Waals surface area contributed by atoms with Gasteiger partial charge in [-0.15, -0.1) is 0 Å². The highest BCUT2D eigenvalue weighted by molar-refractivity contribution is 5.76. The number of rotatable bonds is 18. The molecule has 0 atom stereocenters. The van der Waals surface area contributed by atoms with Crippen LogP contribution in [0.2, 0.25) is 0 Å². The zero-order chi connectivity index (χ0) is 18.7. The van der Waals surface area contributed by atoms with Gasteiger partial charge in [0.1, 0.15) is 0 Å². The normalized spacial score (nSPS) is 14.3. The average molecular weight is 366 g/mol. The third-order valence-corrected chi connectivity index (χ3v) is 5.95. The molecule has 0 radical (unpaired) electrons. The minimum atomic E-state index is 0.406. The lowest BCUT2D eigenvalue weighted by atomic mass is 10.0. The van der Waals surface area contributed by atoms with Crippen molar-refractivity contribution in [3.8, 4) is 0 Å². The zero-order valence-electron chi connectivity index (χ0n) is 17.9. The molecule has 0 N–H and O–H groups in total. The summed E-state index contributed by atoms with van der Waals surface area (Å²) in [6, 6.07) is 0. The van der Waals surface area contributed by atoms with Crippen molar-refractivity contribution in [2.24, 2.45) is 0 Å². The molecule has 0 bridgehead atoms. The van der Waals surface area contributed by atoms with Crippen molar-refractivity contribution in [2.45, 2.75) is 135 Å². The molecule has 0 aromatic heterocycles. The van der Waals surface area contributed by atoms with Crippen molar-refractivity contribution >= 4 is 5.91 Å². The van der Waals surface area contributed by atoms with E-state index in [2.05, 4.69) is 11.8 Å². The molecule has 0 aliphatic carbocycles. The van der Waals surface area contributed by atoms with Crippen LogP contribution in [0.1, 0.15) is 135 Å². The SMILES string of the molecule is CCCCCCCCCCCCCCCCCCCC(=O)N1CCCC1. The Morgan fingerprint density at radius 3 is 1.31 bits per heavy atom. The van der Waals surface area contributed by atoms with Gasteiger partial charge >= 0.3 is 0 Å². The van der Waals surface area contributed by atoms with Gasteiger partial charge in [0.15, 0.2) is 0 Å². The standard InChI is InChI=1S/C24H47NO/c1-2-3-4-5-6-7-8-9-10-11-12-13-14-15-16-17-18-21-24(26)25-22-19-20-23-25/h2-23H2,1H3. The van der Waals surface area contributed by atoms with Gasteiger partial charge in [0.2, 0.25) is 5.91 Å². The molecule has 0 aromatic rings. The molecule has 1 rings (SSSR count). The number of amides is 1. The second-order valence-electron chi connectivity index (χ2n) is 8.49. The first-order valence-electron chi connectivity index (χ1n) is 12.1. The Bertz CT molecular complexity index is 309. The molecule has 0 saturated carbocycles. The summed E-state index contributed by atoms with van der Waals surface area (Å²) in [4.78, 5) is 14.0. The Labute approximate surface area is 164 Å². The van der Waals surface area contributed by atoms with Crippen molar-refractivity contribution in [1.29, 1.82) is 0 Å². The molecule has 1 aliphatic rings. The third-order valence-electron chi connectivity index (χ3n) is 5.95. The Balaban J connectivity index is 1.69. The van der Waals surface area contributed by atoms with Crippen molar-refractivity contribution in [1.82, 2.24) is 4.90 Å². The van der Waals surface area contributed by atoms with Crippen LogP contribution in [0.25, 0.3) is 0 Å². The molecule has 2 nitrogen and oxygen atoms in total. The van der Waals surface area contributed by atoms with Gasteiger partial charge in [-0.3, -0.25) is 4.79 Å². The van der Waals surface area contributed by atoms with Crippen LogP contribution in [0, 0.1) is 0 Å². The van der Waals surface area contributed by atoms with E-state index in [1.807, 2.05) is 0 Å². The predicted octanol–water partition coefficient (Wildman–Crippen LogP) is 7.65. The van der Waals surface area contributed by atoms with Gasteiger partial charge in [0.25, 0.3) is 0 Å². The summed E-state index contributed by atoms with van der Waals surface area (Å²) in [5.74, 6) is 0.406. The number of likely N-dealkylation sites (tertiary alicyclic amines) is 1. The Hall–Kier alpha value is -0.530. The molecule has 2 heteroatoms. The predicted molar refractivity (Wildman–Crippen MR) is 115 cm³/mol. The molecule has 1 fully saturated rings. The molecular formula is C24H47NO. The van der Waals surface area contributed by atoms with E-state index < -0.39 is 0 Å². The van der Waals surface area contributed by atoms with Gasteiger partial charge in [-0.05, 0) is 19.3 Å². The first kappa shape index (κ1) is 23.5. The monoisotopic (exact) mass is 365 g/mol. The van der Waals surface area contributed by atoms with Crippen LogP contribution in [0.4, 0.5) is 0 Å². The van der Waals surface area contributed by atoms with Gasteiger partial charge in [0, 0.05) is 19.5 Å². The zero-order valence-corrected chi connectivity index (χ0v) is 17.9. The lowest BCUT2D eigenvalue weighted by molar-refractivity contribution is -0.130. The quantitative estimate of drug-likeness (QED) is 0.228. The second-order valence-corrected chi connectivity index (χ2v) is 8.49. The van der Waals surface area contributed by atoms with Gasteiger partial charge in [-0.2, -0.15) is 0 Å². The second kappa shape index (κ2) is 17.9. The molecule has 1 aliphatic heterocycles. The van der Waals surface area contributed by atoms with E-state index in [9.17, 15) is 4.79 Å². The van der Waals surface area contributed by atoms with Crippen LogP contribution >= 0.6 is 0 Å². The Morgan fingerprint density at radius 1 is 0.577 bits per heavy atom. The van der Waals surface area contributed by atoms with E-state index in [0.717, 1.165) is 25.9 Å². The van der Waals surface area contributed by atoms with E-state index in [0.29, 0.717) is 5.91 Å². The maximum Gasteiger partial charge on any atom is 0.222 e. The van der Waals surface area contributed by atoms with Gasteiger partial charge in [-0.25, -0.2) is 0 Å². The van der Waals surface area contributed by atoms with Crippen molar-refractivity contribution in [2.75, 3.05) is 13.1 Å². The van der Waals surface area contributed by atoms with Gasteiger partial charge in [-0.1, -0.05) is 110 Å². The van der Waals surface area contributed by atoms with E-state index in [1.54, 1.807) is 0 Å². The average Bonchev–Trinajstić information content (AvgIpc) is 3.19. The summed E-state index contributed by atoms with van der Waals surface area (Å²) >= 11 is 0. The van der Waals surface area contributed by atoms with Crippen molar-refractivity contribution < 1.29 is 4.79 Å². The summed E-state index contributed by atoms with van der Waals surface area (Å²) in [5.41, 5.74) is 0. The lowest BCUT2D eigenvalue weighted by Gasteiger charge is -2.14. The van der Waals surface area contributed by atoms with E-state index >= 15 is 0 Å². The number of carbonyl (C=O) groups excluding carboxylic acids is 1. The summed E-state index contributed by atoms with van der Waals surface area (Å²) in [6.07, 6.45) is 27.0. The summed E-state index contributed by atoms with van der Waals surface area (Å²) < 4.78 is 0. The van der Waals surface area contributed by atoms with Crippen LogP contribution in [-0.2, 0) is 4.79 Å². The molecule has 1 amide bonds. The van der Waals surface area contributed by atoms with Crippen LogP contribution in [0.15, 0.2) is 0 Å². The lowest BCUT2D eigenvalue weighted by Crippen LogP contribution is -2.27. The Morgan fingerprint density at radius 2 is 0.923 bits per heavy atom. The summed E-state index contributed by atoms with van der Waals surface area (Å²) in [7, 11) is 0. The number of hydrogen-bond donors (Lipinski definition) is 0. The topological polar surface area (TPSA) is 20.3 Å². The molecule has 0 aromatic carbocycles. The van der Waals surface area contributed by atoms with Crippen LogP contribution in [0.5, 0.6) is 0 Å². The first-order valence-corrected chi connectivity index (χ1v) is 12.1. The third kappa shape index (κ3) is 13.6. The molecule has 0 unspecified atom stereocenters. The fourth-order valence-electron chi connectivity index (χ4n) is 4.13. The molecular weight excluding hydrogens is 318 g/mol. The van der Waals surface area contributed by atoms with Crippen LogP contribution in [0.3, 0.4) is 0 Å². The number of hydrogen-bond acceptors (Lipinski definition) is 1. The van der Waals surface area contributed by atoms with Crippen LogP contribution < -0.4 is 0 Å². The smallest absolute Gasteiger partial charge is 0.222 e. The molecule has 1 saturated heterocycles. The first-order chi connectivity index (χ1) is 12.8. The summed E-state index contributed by atoms with van der Waals surface area (Å²) in [6.45, 7) is 4.31. The van der Waals surface area contributed by atoms with E-state index in [4.69, 9.17) is 0 Å². The fourth-order valence-corrected chi connectivity index (χ4v) is 4.13. The van der Waals surface area contributed by atoms with Crippen molar-refractivity contribution in [3.63, 3.8) is 0 Å². The van der Waals surface area contributed by atoms with Crippen molar-refractivity contribution in [3.05, 3.63) is 0 Å². The highest BCUT2D eigenvalue weighted by Crippen LogP contribution is 2.15. The van der Waals surface area contributed by atoms with Crippen LogP contribution in [-0.4, -0.2) is 23.9 Å². The number of nitrogens with zero attached hydrogens (tertiary/aromatic N) is 1. The van der Waals surface area contributed by atoms with E-state index in [-0.39, 0.29) is 0 Å². The highest BCUT2D eigenvalue weighted by atomic mass is 16.2. The minimum absolute atomic E-state index is 0.406. The molecule has 0 spiro atoms. The van der Waals surface area contributed by atoms with Gasteiger partial charge < -0.3 is 4.90 Å². The largest absolute Gasteiger partial charge is 0.343 e. The highest BCUT2D eigenvalue weighted by Gasteiger charge is 2.16. The van der Waals surface area contributed by atoms with Gasteiger partial charge in [0.05, 0.1) is 0 Å². The maximum atomic E-state index is 11.9. The Kier molecular flexibility index (Phi) is 16.2. The maximum absolute atomic E-state index is 11.9. The number of carbonyl (C=O) groups is 1. The summed E-state index contributed by atoms with van der Waals surface area (Å²) in [5, 5.41) is 0. The number of unbranched alkanes of at least 4 members (excludes halogenated alkanes) is 16. The fraction of sp³-hybridized carbons (Fsp3) is 0.958. The van der Waals surface area contributed by atoms with E-state index in [1.165, 1.54) is 116 Å². The molecule has 154 valence electrons. The minimum Gasteiger partial charge on any atom is -0.343 e. The molecule has 1 heterocycles.